The summed E-state index contributed by atoms with van der Waals surface area (Å²) in [4.78, 5) is 5.95. The third-order valence-corrected chi connectivity index (χ3v) is 7.96. The predicted octanol–water partition coefficient (Wildman–Crippen LogP) is 3.23. The first-order valence-corrected chi connectivity index (χ1v) is 11.6. The van der Waals surface area contributed by atoms with Crippen molar-refractivity contribution >= 4 is 21.5 Å². The molecule has 1 fully saturated rings. The van der Waals surface area contributed by atoms with E-state index in [4.69, 9.17) is 0 Å². The molecule has 11 heteroatoms. The minimum Gasteiger partial charge on any atom is -0.370 e. The molecule has 0 unspecified atom stereocenters. The lowest BCUT2D eigenvalue weighted by Crippen LogP contribution is -2.46. The van der Waals surface area contributed by atoms with Crippen molar-refractivity contribution in [1.82, 2.24) is 9.29 Å². The molecule has 0 amide bonds. The second kappa shape index (κ2) is 8.26. The van der Waals surface area contributed by atoms with Gasteiger partial charge in [0.05, 0.1) is 21.7 Å². The Kier molecular flexibility index (Phi) is 5.77. The van der Waals surface area contributed by atoms with E-state index in [1.807, 2.05) is 11.9 Å². The van der Waals surface area contributed by atoms with Crippen LogP contribution in [0.4, 0.5) is 24.7 Å². The average molecular weight is 466 g/mol. The molecule has 7 nitrogen and oxygen atoms in total. The lowest BCUT2D eigenvalue weighted by Gasteiger charge is -2.38. The molecule has 170 valence electrons. The molecule has 2 aliphatic heterocycles. The van der Waals surface area contributed by atoms with Gasteiger partial charge in [-0.3, -0.25) is 0 Å². The number of hydrogen-bond acceptors (Lipinski definition) is 6. The molecule has 0 spiro atoms. The fourth-order valence-corrected chi connectivity index (χ4v) is 5.87. The van der Waals surface area contributed by atoms with E-state index < -0.39 is 21.8 Å². The van der Waals surface area contributed by atoms with Gasteiger partial charge in [0.2, 0.25) is 10.0 Å². The number of alkyl halides is 3. The molecule has 2 aromatic rings. The molecule has 1 saturated heterocycles. The highest BCUT2D eigenvalue weighted by Crippen LogP contribution is 2.36. The number of halogens is 3. The van der Waals surface area contributed by atoms with Crippen LogP contribution in [0.25, 0.3) is 0 Å². The third-order valence-electron chi connectivity index (χ3n) is 6.06. The fraction of sp³-hybridized carbons (Fsp3) is 0.429. The summed E-state index contributed by atoms with van der Waals surface area (Å²) < 4.78 is 66.2. The first-order chi connectivity index (χ1) is 15.1. The Morgan fingerprint density at radius 2 is 2.00 bits per heavy atom. The summed E-state index contributed by atoms with van der Waals surface area (Å²) in [6, 6.07) is 6.01. The van der Waals surface area contributed by atoms with Gasteiger partial charge in [-0.2, -0.15) is 22.7 Å². The Bertz CT molecular complexity index is 1170. The van der Waals surface area contributed by atoms with Crippen molar-refractivity contribution in [2.75, 3.05) is 36.9 Å². The van der Waals surface area contributed by atoms with Crippen LogP contribution in [0.2, 0.25) is 0 Å². The van der Waals surface area contributed by atoms with Gasteiger partial charge in [0.15, 0.2) is 0 Å². The summed E-state index contributed by atoms with van der Waals surface area (Å²) in [6.07, 6.45) is -1.34. The van der Waals surface area contributed by atoms with Crippen LogP contribution in [0.3, 0.4) is 0 Å². The lowest BCUT2D eigenvalue weighted by molar-refractivity contribution is -0.137. The second-order valence-electron chi connectivity index (χ2n) is 7.91. The molecule has 4 rings (SSSR count). The maximum absolute atomic E-state index is 13.0. The Balaban J connectivity index is 1.52. The number of sulfonamides is 1. The van der Waals surface area contributed by atoms with Gasteiger partial charge in [-0.1, -0.05) is 6.07 Å². The minimum atomic E-state index is -4.61. The highest BCUT2D eigenvalue weighted by atomic mass is 32.2. The highest BCUT2D eigenvalue weighted by Gasteiger charge is 2.35. The van der Waals surface area contributed by atoms with E-state index in [1.165, 1.54) is 16.6 Å². The van der Waals surface area contributed by atoms with Crippen molar-refractivity contribution in [1.29, 1.82) is 5.26 Å². The lowest BCUT2D eigenvalue weighted by atomic mass is 10.0. The number of aromatic nitrogens is 1. The number of hydrogen-bond donors (Lipinski definition) is 1. The number of rotatable bonds is 4. The normalized spacial score (nSPS) is 17.5. The van der Waals surface area contributed by atoms with Gasteiger partial charge in [-0.15, -0.1) is 0 Å². The maximum atomic E-state index is 13.0. The number of pyridine rings is 1. The summed E-state index contributed by atoms with van der Waals surface area (Å²) in [5, 5.41) is 12.7. The van der Waals surface area contributed by atoms with E-state index in [1.54, 1.807) is 0 Å². The first kappa shape index (κ1) is 22.4. The van der Waals surface area contributed by atoms with Gasteiger partial charge in [0.25, 0.3) is 0 Å². The van der Waals surface area contributed by atoms with Crippen LogP contribution in [0.15, 0.2) is 35.4 Å². The standard InChI is InChI=1S/C21H22F3N5O2S/c1-28(19-14(12-25)13-27-20-18(19)5-8-26-20)16-6-9-29(10-7-16)32(30,31)17-4-2-3-15(11-17)21(22,23)24/h2-4,11,13,16H,5-10H2,1H3,(H,26,27). The quantitative estimate of drug-likeness (QED) is 0.746. The van der Waals surface area contributed by atoms with Crippen LogP contribution in [0, 0.1) is 11.3 Å². The van der Waals surface area contributed by atoms with Gasteiger partial charge in [-0.25, -0.2) is 13.4 Å². The molecule has 0 atom stereocenters. The van der Waals surface area contributed by atoms with E-state index in [0.29, 0.717) is 24.5 Å². The molecule has 0 radical (unpaired) electrons. The molecule has 0 aliphatic carbocycles. The first-order valence-electron chi connectivity index (χ1n) is 10.2. The highest BCUT2D eigenvalue weighted by molar-refractivity contribution is 7.89. The average Bonchev–Trinajstić information content (AvgIpc) is 3.26. The molecular weight excluding hydrogens is 443 g/mol. The second-order valence-corrected chi connectivity index (χ2v) is 9.85. The van der Waals surface area contributed by atoms with Crippen LogP contribution < -0.4 is 10.2 Å². The zero-order chi connectivity index (χ0) is 23.1. The summed E-state index contributed by atoms with van der Waals surface area (Å²) in [6.45, 7) is 1.10. The predicted molar refractivity (Wildman–Crippen MR) is 113 cm³/mol. The number of fused-ring (bicyclic) bond motifs is 1. The molecule has 1 aromatic carbocycles. The fourth-order valence-electron chi connectivity index (χ4n) is 4.36. The van der Waals surface area contributed by atoms with Crippen LogP contribution in [-0.4, -0.2) is 50.4 Å². The minimum absolute atomic E-state index is 0.0119. The molecule has 0 bridgehead atoms. The van der Waals surface area contributed by atoms with Crippen molar-refractivity contribution in [3.63, 3.8) is 0 Å². The number of benzene rings is 1. The molecule has 32 heavy (non-hydrogen) atoms. The maximum Gasteiger partial charge on any atom is 0.416 e. The molecule has 1 aromatic heterocycles. The van der Waals surface area contributed by atoms with Gasteiger partial charge in [0, 0.05) is 44.5 Å². The van der Waals surface area contributed by atoms with Crippen molar-refractivity contribution in [2.24, 2.45) is 0 Å². The summed E-state index contributed by atoms with van der Waals surface area (Å²) in [7, 11) is -2.15. The van der Waals surface area contributed by atoms with Crippen molar-refractivity contribution < 1.29 is 21.6 Å². The molecule has 1 N–H and O–H groups in total. The van der Waals surface area contributed by atoms with Crippen molar-refractivity contribution in [3.8, 4) is 6.07 Å². The summed E-state index contributed by atoms with van der Waals surface area (Å²) >= 11 is 0. The number of piperidine rings is 1. The zero-order valence-electron chi connectivity index (χ0n) is 17.4. The van der Waals surface area contributed by atoms with E-state index in [-0.39, 0.29) is 24.0 Å². The van der Waals surface area contributed by atoms with Gasteiger partial charge in [-0.05, 0) is 37.5 Å². The monoisotopic (exact) mass is 465 g/mol. The summed E-state index contributed by atoms with van der Waals surface area (Å²) in [5.74, 6) is 0.760. The Morgan fingerprint density at radius 3 is 2.66 bits per heavy atom. The van der Waals surface area contributed by atoms with Crippen LogP contribution in [-0.2, 0) is 22.6 Å². The van der Waals surface area contributed by atoms with Gasteiger partial charge < -0.3 is 10.2 Å². The van der Waals surface area contributed by atoms with E-state index in [9.17, 15) is 26.9 Å². The van der Waals surface area contributed by atoms with Crippen molar-refractivity contribution in [2.45, 2.75) is 36.4 Å². The SMILES string of the molecule is CN(c1c(C#N)cnc2c1CCN2)C1CCN(S(=O)(=O)c2cccc(C(F)(F)F)c2)CC1. The third kappa shape index (κ3) is 4.00. The molecular formula is C21H22F3N5O2S. The van der Waals surface area contributed by atoms with E-state index in [0.717, 1.165) is 42.2 Å². The Morgan fingerprint density at radius 1 is 1.28 bits per heavy atom. The number of nitrogens with one attached hydrogen (secondary N) is 1. The Labute approximate surface area is 184 Å². The van der Waals surface area contributed by atoms with E-state index in [2.05, 4.69) is 16.4 Å². The van der Waals surface area contributed by atoms with Crippen LogP contribution >= 0.6 is 0 Å². The molecule has 2 aliphatic rings. The number of anilines is 2. The zero-order valence-corrected chi connectivity index (χ0v) is 18.2. The van der Waals surface area contributed by atoms with Crippen LogP contribution in [0.5, 0.6) is 0 Å². The molecule has 0 saturated carbocycles. The molecule has 3 heterocycles. The van der Waals surface area contributed by atoms with Gasteiger partial charge in [0.1, 0.15) is 11.9 Å². The van der Waals surface area contributed by atoms with Crippen LogP contribution in [0.1, 0.15) is 29.5 Å². The van der Waals surface area contributed by atoms with Crippen molar-refractivity contribution in [3.05, 3.63) is 47.2 Å². The topological polar surface area (TPSA) is 89.3 Å². The largest absolute Gasteiger partial charge is 0.416 e. The number of nitriles is 1. The Hall–Kier alpha value is -2.84. The smallest absolute Gasteiger partial charge is 0.370 e. The number of nitrogens with zero attached hydrogens (tertiary/aromatic N) is 4. The summed E-state index contributed by atoms with van der Waals surface area (Å²) in [5.41, 5.74) is 1.26. The van der Waals surface area contributed by atoms with Gasteiger partial charge >= 0.3 is 6.18 Å². The van der Waals surface area contributed by atoms with E-state index >= 15 is 0 Å².